The number of aryl methyl sites for hydroxylation is 1. The van der Waals surface area contributed by atoms with Crippen LogP contribution in [0.4, 0.5) is 5.95 Å². The summed E-state index contributed by atoms with van der Waals surface area (Å²) in [6.45, 7) is 3.12. The average Bonchev–Trinajstić information content (AvgIpc) is 2.72. The van der Waals surface area contributed by atoms with Gasteiger partial charge in [0.25, 0.3) is 5.91 Å². The van der Waals surface area contributed by atoms with Crippen LogP contribution in [0, 0.1) is 6.92 Å². The molecule has 28 heavy (non-hydrogen) atoms. The molecule has 0 radical (unpaired) electrons. The van der Waals surface area contributed by atoms with E-state index in [4.69, 9.17) is 4.74 Å². The van der Waals surface area contributed by atoms with Gasteiger partial charge in [0.2, 0.25) is 5.95 Å². The third kappa shape index (κ3) is 5.30. The van der Waals surface area contributed by atoms with Crippen molar-refractivity contribution in [3.63, 3.8) is 0 Å². The second-order valence-corrected chi connectivity index (χ2v) is 6.43. The fourth-order valence-electron chi connectivity index (χ4n) is 2.88. The zero-order valence-corrected chi connectivity index (χ0v) is 16.1. The number of methoxy groups -OCH3 is 1. The Morgan fingerprint density at radius 1 is 1.11 bits per heavy atom. The largest absolute Gasteiger partial charge is 0.496 e. The first-order chi connectivity index (χ1) is 13.7. The highest BCUT2D eigenvalue weighted by Crippen LogP contribution is 2.17. The van der Waals surface area contributed by atoms with Crippen molar-refractivity contribution in [1.82, 2.24) is 15.3 Å². The summed E-state index contributed by atoms with van der Waals surface area (Å²) in [5.41, 5.74) is 3.65. The van der Waals surface area contributed by atoms with E-state index in [2.05, 4.69) is 20.6 Å². The van der Waals surface area contributed by atoms with Crippen LogP contribution in [0.2, 0.25) is 0 Å². The number of nitrogens with one attached hydrogen (secondary N) is 2. The van der Waals surface area contributed by atoms with E-state index in [1.54, 1.807) is 19.4 Å². The Balaban J connectivity index is 1.55. The normalized spacial score (nSPS) is 10.4. The van der Waals surface area contributed by atoms with E-state index in [0.717, 1.165) is 28.9 Å². The summed E-state index contributed by atoms with van der Waals surface area (Å²) in [4.78, 5) is 20.9. The molecule has 0 saturated heterocycles. The third-order valence-electron chi connectivity index (χ3n) is 4.29. The highest BCUT2D eigenvalue weighted by molar-refractivity contribution is 5.92. The van der Waals surface area contributed by atoms with Crippen molar-refractivity contribution < 1.29 is 9.53 Å². The molecular formula is C22H24N4O2. The van der Waals surface area contributed by atoms with Crippen molar-refractivity contribution in [1.29, 1.82) is 0 Å². The Bertz CT molecular complexity index is 943. The predicted octanol–water partition coefficient (Wildman–Crippen LogP) is 3.38. The number of ether oxygens (including phenoxy) is 1. The topological polar surface area (TPSA) is 76.1 Å². The van der Waals surface area contributed by atoms with E-state index in [-0.39, 0.29) is 5.91 Å². The lowest BCUT2D eigenvalue weighted by molar-refractivity contribution is 0.0946. The van der Waals surface area contributed by atoms with Gasteiger partial charge in [-0.2, -0.15) is 0 Å². The Morgan fingerprint density at radius 3 is 2.79 bits per heavy atom. The number of aromatic nitrogens is 2. The summed E-state index contributed by atoms with van der Waals surface area (Å²) in [5, 5.41) is 6.06. The van der Waals surface area contributed by atoms with Gasteiger partial charge in [-0.1, -0.05) is 48.0 Å². The number of anilines is 1. The van der Waals surface area contributed by atoms with E-state index >= 15 is 0 Å². The number of carbonyl (C=O) groups excluding carboxylic acids is 1. The van der Waals surface area contributed by atoms with Crippen molar-refractivity contribution in [2.75, 3.05) is 19.0 Å². The van der Waals surface area contributed by atoms with E-state index < -0.39 is 0 Å². The number of rotatable bonds is 8. The smallest absolute Gasteiger partial charge is 0.270 e. The Labute approximate surface area is 165 Å². The SMILES string of the molecule is COc1ccccc1CCNc1nccc(C(=O)NCc2cccc(C)c2)n1. The molecule has 6 nitrogen and oxygen atoms in total. The van der Waals surface area contributed by atoms with Crippen LogP contribution in [0.3, 0.4) is 0 Å². The van der Waals surface area contributed by atoms with Crippen LogP contribution in [-0.2, 0) is 13.0 Å². The molecule has 0 aliphatic heterocycles. The van der Waals surface area contributed by atoms with Gasteiger partial charge in [0.1, 0.15) is 11.4 Å². The van der Waals surface area contributed by atoms with Gasteiger partial charge in [0, 0.05) is 19.3 Å². The van der Waals surface area contributed by atoms with Crippen LogP contribution in [-0.4, -0.2) is 29.5 Å². The highest BCUT2D eigenvalue weighted by atomic mass is 16.5. The van der Waals surface area contributed by atoms with Crippen LogP contribution in [0.25, 0.3) is 0 Å². The third-order valence-corrected chi connectivity index (χ3v) is 4.29. The molecule has 144 valence electrons. The lowest BCUT2D eigenvalue weighted by Crippen LogP contribution is -2.24. The van der Waals surface area contributed by atoms with Crippen molar-refractivity contribution >= 4 is 11.9 Å². The Kier molecular flexibility index (Phi) is 6.57. The highest BCUT2D eigenvalue weighted by Gasteiger charge is 2.09. The summed E-state index contributed by atoms with van der Waals surface area (Å²) >= 11 is 0. The van der Waals surface area contributed by atoms with Crippen molar-refractivity contribution in [2.45, 2.75) is 19.9 Å². The maximum atomic E-state index is 12.4. The molecule has 0 spiro atoms. The van der Waals surface area contributed by atoms with Gasteiger partial charge in [-0.3, -0.25) is 4.79 Å². The molecule has 0 atom stereocenters. The van der Waals surface area contributed by atoms with Crippen LogP contribution < -0.4 is 15.4 Å². The number of hydrogen-bond donors (Lipinski definition) is 2. The summed E-state index contributed by atoms with van der Waals surface area (Å²) in [5.74, 6) is 1.06. The minimum Gasteiger partial charge on any atom is -0.496 e. The fourth-order valence-corrected chi connectivity index (χ4v) is 2.88. The lowest BCUT2D eigenvalue weighted by Gasteiger charge is -2.10. The molecule has 2 aromatic carbocycles. The van der Waals surface area contributed by atoms with Crippen molar-refractivity contribution in [3.05, 3.63) is 83.2 Å². The zero-order valence-electron chi connectivity index (χ0n) is 16.1. The molecule has 6 heteroatoms. The minimum atomic E-state index is -0.225. The quantitative estimate of drug-likeness (QED) is 0.630. The van der Waals surface area contributed by atoms with Crippen LogP contribution in [0.1, 0.15) is 27.2 Å². The summed E-state index contributed by atoms with van der Waals surface area (Å²) in [6, 6.07) is 17.5. The first kappa shape index (κ1) is 19.4. The zero-order chi connectivity index (χ0) is 19.8. The molecule has 3 rings (SSSR count). The monoisotopic (exact) mass is 376 g/mol. The van der Waals surface area contributed by atoms with Crippen molar-refractivity contribution in [2.24, 2.45) is 0 Å². The molecule has 0 unspecified atom stereocenters. The molecule has 2 N–H and O–H groups in total. The molecule has 3 aromatic rings. The second-order valence-electron chi connectivity index (χ2n) is 6.43. The molecule has 1 amide bonds. The van der Waals surface area contributed by atoms with Gasteiger partial charge in [0.15, 0.2) is 0 Å². The van der Waals surface area contributed by atoms with Gasteiger partial charge in [-0.15, -0.1) is 0 Å². The number of benzene rings is 2. The van der Waals surface area contributed by atoms with Gasteiger partial charge < -0.3 is 15.4 Å². The average molecular weight is 376 g/mol. The summed E-state index contributed by atoms with van der Waals surface area (Å²) in [7, 11) is 1.66. The van der Waals surface area contributed by atoms with E-state index in [9.17, 15) is 4.79 Å². The molecule has 0 saturated carbocycles. The molecule has 0 aliphatic rings. The van der Waals surface area contributed by atoms with Gasteiger partial charge in [-0.05, 0) is 36.6 Å². The van der Waals surface area contributed by atoms with Gasteiger partial charge in [0.05, 0.1) is 7.11 Å². The maximum absolute atomic E-state index is 12.4. The number of amides is 1. The van der Waals surface area contributed by atoms with Crippen LogP contribution >= 0.6 is 0 Å². The number of nitrogens with zero attached hydrogens (tertiary/aromatic N) is 2. The van der Waals surface area contributed by atoms with E-state index in [1.807, 2.05) is 55.5 Å². The predicted molar refractivity (Wildman–Crippen MR) is 110 cm³/mol. The first-order valence-electron chi connectivity index (χ1n) is 9.18. The van der Waals surface area contributed by atoms with E-state index in [0.29, 0.717) is 24.7 Å². The molecule has 0 aliphatic carbocycles. The van der Waals surface area contributed by atoms with Crippen LogP contribution in [0.15, 0.2) is 60.8 Å². The molecule has 1 heterocycles. The Hall–Kier alpha value is -3.41. The van der Waals surface area contributed by atoms with Crippen LogP contribution in [0.5, 0.6) is 5.75 Å². The number of para-hydroxylation sites is 1. The fraction of sp³-hybridized carbons (Fsp3) is 0.227. The van der Waals surface area contributed by atoms with Gasteiger partial charge >= 0.3 is 0 Å². The second kappa shape index (κ2) is 9.50. The minimum absolute atomic E-state index is 0.225. The first-order valence-corrected chi connectivity index (χ1v) is 9.18. The summed E-state index contributed by atoms with van der Waals surface area (Å²) < 4.78 is 5.36. The molecular weight excluding hydrogens is 352 g/mol. The van der Waals surface area contributed by atoms with E-state index in [1.165, 1.54) is 0 Å². The maximum Gasteiger partial charge on any atom is 0.270 e. The molecule has 0 bridgehead atoms. The number of carbonyl (C=O) groups is 1. The van der Waals surface area contributed by atoms with Gasteiger partial charge in [-0.25, -0.2) is 9.97 Å². The molecule has 0 fully saturated rings. The standard InChI is InChI=1S/C22H24N4O2/c1-16-6-5-7-17(14-16)15-25-21(27)19-11-13-24-22(26-19)23-12-10-18-8-3-4-9-20(18)28-2/h3-9,11,13-14H,10,12,15H2,1-2H3,(H,25,27)(H,23,24,26). The summed E-state index contributed by atoms with van der Waals surface area (Å²) in [6.07, 6.45) is 2.34. The lowest BCUT2D eigenvalue weighted by atomic mass is 10.1. The molecule has 1 aromatic heterocycles. The van der Waals surface area contributed by atoms with Crippen molar-refractivity contribution in [3.8, 4) is 5.75 Å². The Morgan fingerprint density at radius 2 is 1.96 bits per heavy atom. The number of hydrogen-bond acceptors (Lipinski definition) is 5.